The number of amides is 2. The molecule has 3 rings (SSSR count). The summed E-state index contributed by atoms with van der Waals surface area (Å²) in [5.41, 5.74) is 8.17. The van der Waals surface area contributed by atoms with Crippen molar-refractivity contribution in [1.29, 1.82) is 0 Å². The number of piperazine rings is 1. The van der Waals surface area contributed by atoms with Gasteiger partial charge in [-0.1, -0.05) is 48.5 Å². The van der Waals surface area contributed by atoms with E-state index in [1.807, 2.05) is 61.5 Å². The lowest BCUT2D eigenvalue weighted by Gasteiger charge is -2.37. The number of para-hydroxylation sites is 1. The number of carbonyl (C=O) groups is 2. The lowest BCUT2D eigenvalue weighted by atomic mass is 10.1. The Bertz CT molecular complexity index is 832. The van der Waals surface area contributed by atoms with E-state index in [2.05, 4.69) is 0 Å². The van der Waals surface area contributed by atoms with E-state index in [0.717, 1.165) is 11.1 Å². The van der Waals surface area contributed by atoms with Gasteiger partial charge in [-0.05, 0) is 37.5 Å². The Morgan fingerprint density at radius 2 is 1.48 bits per heavy atom. The first-order valence-electron chi connectivity index (χ1n) is 10.0. The normalized spacial score (nSPS) is 16.2. The molecule has 2 atom stereocenters. The number of benzene rings is 2. The van der Waals surface area contributed by atoms with Gasteiger partial charge in [-0.3, -0.25) is 9.59 Å². The van der Waals surface area contributed by atoms with Gasteiger partial charge in [-0.2, -0.15) is 0 Å². The van der Waals surface area contributed by atoms with E-state index in [9.17, 15) is 9.59 Å². The van der Waals surface area contributed by atoms with E-state index >= 15 is 0 Å². The fraction of sp³-hybridized carbons (Fsp3) is 0.391. The average molecular weight is 396 g/mol. The van der Waals surface area contributed by atoms with Crippen LogP contribution >= 0.6 is 0 Å². The lowest BCUT2D eigenvalue weighted by molar-refractivity contribution is -0.144. The summed E-state index contributed by atoms with van der Waals surface area (Å²) in [6.45, 7) is 5.68. The molecule has 0 saturated carbocycles. The van der Waals surface area contributed by atoms with Crippen LogP contribution in [0.5, 0.6) is 5.75 Å². The van der Waals surface area contributed by atoms with Crippen molar-refractivity contribution in [3.8, 4) is 5.75 Å². The molecule has 0 spiro atoms. The van der Waals surface area contributed by atoms with Gasteiger partial charge in [-0.25, -0.2) is 0 Å². The first-order chi connectivity index (χ1) is 14.0. The van der Waals surface area contributed by atoms with Crippen molar-refractivity contribution in [2.24, 2.45) is 5.73 Å². The fourth-order valence-corrected chi connectivity index (χ4v) is 3.52. The molecule has 154 valence electrons. The van der Waals surface area contributed by atoms with Crippen LogP contribution in [0.4, 0.5) is 0 Å². The third-order valence-corrected chi connectivity index (χ3v) is 5.26. The smallest absolute Gasteiger partial charge is 0.263 e. The Morgan fingerprint density at radius 3 is 2.10 bits per heavy atom. The highest BCUT2D eigenvalue weighted by molar-refractivity contribution is 5.83. The molecule has 6 nitrogen and oxygen atoms in total. The van der Waals surface area contributed by atoms with E-state index in [4.69, 9.17) is 10.5 Å². The minimum Gasteiger partial charge on any atom is -0.481 e. The predicted molar refractivity (Wildman–Crippen MR) is 113 cm³/mol. The molecule has 0 aliphatic carbocycles. The highest BCUT2D eigenvalue weighted by Crippen LogP contribution is 2.19. The minimum absolute atomic E-state index is 0.0612. The number of hydrogen-bond donors (Lipinski definition) is 1. The molecule has 0 bridgehead atoms. The number of carbonyl (C=O) groups excluding carboxylic acids is 2. The number of hydrogen-bond acceptors (Lipinski definition) is 4. The van der Waals surface area contributed by atoms with Gasteiger partial charge >= 0.3 is 0 Å². The maximum atomic E-state index is 12.7. The van der Waals surface area contributed by atoms with Gasteiger partial charge < -0.3 is 20.3 Å². The first kappa shape index (κ1) is 20.9. The summed E-state index contributed by atoms with van der Waals surface area (Å²) in [6.07, 6.45) is -0.0567. The van der Waals surface area contributed by atoms with Crippen molar-refractivity contribution >= 4 is 11.8 Å². The van der Waals surface area contributed by atoms with Crippen molar-refractivity contribution < 1.29 is 14.3 Å². The van der Waals surface area contributed by atoms with E-state index in [-0.39, 0.29) is 11.8 Å². The van der Waals surface area contributed by atoms with Gasteiger partial charge in [0.1, 0.15) is 5.75 Å². The maximum absolute atomic E-state index is 12.7. The topological polar surface area (TPSA) is 75.9 Å². The molecule has 1 unspecified atom stereocenters. The maximum Gasteiger partial charge on any atom is 0.263 e. The van der Waals surface area contributed by atoms with Gasteiger partial charge in [-0.15, -0.1) is 0 Å². The molecule has 0 aromatic heterocycles. The number of rotatable bonds is 6. The van der Waals surface area contributed by atoms with Crippen molar-refractivity contribution in [2.45, 2.75) is 32.4 Å². The molecule has 0 radical (unpaired) electrons. The van der Waals surface area contributed by atoms with Crippen molar-refractivity contribution in [3.63, 3.8) is 0 Å². The molecule has 1 fully saturated rings. The molecule has 2 N–H and O–H groups in total. The lowest BCUT2D eigenvalue weighted by Crippen LogP contribution is -2.56. The molecule has 1 aliphatic rings. The molecule has 1 heterocycles. The van der Waals surface area contributed by atoms with Gasteiger partial charge in [0.2, 0.25) is 5.91 Å². The van der Waals surface area contributed by atoms with E-state index in [1.165, 1.54) is 0 Å². The highest BCUT2D eigenvalue weighted by atomic mass is 16.5. The van der Waals surface area contributed by atoms with Crippen LogP contribution in [0.1, 0.15) is 18.1 Å². The zero-order valence-corrected chi connectivity index (χ0v) is 17.1. The van der Waals surface area contributed by atoms with Crippen LogP contribution in [0.3, 0.4) is 0 Å². The molecule has 2 aromatic carbocycles. The summed E-state index contributed by atoms with van der Waals surface area (Å²) in [6, 6.07) is 16.8. The summed E-state index contributed by atoms with van der Waals surface area (Å²) >= 11 is 0. The second-order valence-corrected chi connectivity index (χ2v) is 7.47. The number of nitrogens with two attached hydrogens (primary N) is 1. The first-order valence-corrected chi connectivity index (χ1v) is 10.0. The molecule has 2 amide bonds. The van der Waals surface area contributed by atoms with Crippen molar-refractivity contribution in [3.05, 3.63) is 65.7 Å². The molecule has 2 aromatic rings. The SMILES string of the molecule is Cc1ccccc1OC(C)C(=O)N1CCN(C(=O)[C@@H](N)Cc2ccccc2)CC1. The summed E-state index contributed by atoms with van der Waals surface area (Å²) in [5, 5.41) is 0. The Hall–Kier alpha value is -2.86. The van der Waals surface area contributed by atoms with Crippen LogP contribution in [0, 0.1) is 6.92 Å². The standard InChI is InChI=1S/C23H29N3O3/c1-17-8-6-7-11-21(17)29-18(2)22(27)25-12-14-26(15-13-25)23(28)20(24)16-19-9-4-3-5-10-19/h3-11,18,20H,12-16,24H2,1-2H3/t18?,20-/m0/s1. The van der Waals surface area contributed by atoms with Gasteiger partial charge in [0, 0.05) is 26.2 Å². The molecule has 29 heavy (non-hydrogen) atoms. The molecule has 1 saturated heterocycles. The van der Waals surface area contributed by atoms with Gasteiger partial charge in [0.05, 0.1) is 6.04 Å². The Morgan fingerprint density at radius 1 is 0.931 bits per heavy atom. The average Bonchev–Trinajstić information content (AvgIpc) is 2.75. The van der Waals surface area contributed by atoms with Gasteiger partial charge in [0.25, 0.3) is 5.91 Å². The quantitative estimate of drug-likeness (QED) is 0.812. The molecular weight excluding hydrogens is 366 g/mol. The second-order valence-electron chi connectivity index (χ2n) is 7.47. The van der Waals surface area contributed by atoms with Crippen LogP contribution in [0.15, 0.2) is 54.6 Å². The Balaban J connectivity index is 1.49. The van der Waals surface area contributed by atoms with Crippen LogP contribution in [-0.2, 0) is 16.0 Å². The van der Waals surface area contributed by atoms with Crippen LogP contribution in [0.25, 0.3) is 0 Å². The van der Waals surface area contributed by atoms with Crippen LogP contribution in [0.2, 0.25) is 0 Å². The minimum atomic E-state index is -0.571. The third-order valence-electron chi connectivity index (χ3n) is 5.26. The van der Waals surface area contributed by atoms with Crippen LogP contribution in [-0.4, -0.2) is 59.9 Å². The zero-order chi connectivity index (χ0) is 20.8. The summed E-state index contributed by atoms with van der Waals surface area (Å²) < 4.78 is 5.85. The van der Waals surface area contributed by atoms with Crippen LogP contribution < -0.4 is 10.5 Å². The summed E-state index contributed by atoms with van der Waals surface area (Å²) in [4.78, 5) is 28.9. The summed E-state index contributed by atoms with van der Waals surface area (Å²) in [5.74, 6) is 0.591. The highest BCUT2D eigenvalue weighted by Gasteiger charge is 2.29. The van der Waals surface area contributed by atoms with E-state index in [0.29, 0.717) is 38.3 Å². The Labute approximate surface area is 172 Å². The van der Waals surface area contributed by atoms with Crippen molar-refractivity contribution in [2.75, 3.05) is 26.2 Å². The van der Waals surface area contributed by atoms with Gasteiger partial charge in [0.15, 0.2) is 6.10 Å². The van der Waals surface area contributed by atoms with Crippen molar-refractivity contribution in [1.82, 2.24) is 9.80 Å². The Kier molecular flexibility index (Phi) is 6.88. The molecule has 1 aliphatic heterocycles. The number of ether oxygens (including phenoxy) is 1. The second kappa shape index (κ2) is 9.56. The monoisotopic (exact) mass is 395 g/mol. The molecular formula is C23H29N3O3. The fourth-order valence-electron chi connectivity index (χ4n) is 3.52. The largest absolute Gasteiger partial charge is 0.481 e. The van der Waals surface area contributed by atoms with E-state index < -0.39 is 12.1 Å². The molecule has 6 heteroatoms. The summed E-state index contributed by atoms with van der Waals surface area (Å²) in [7, 11) is 0. The third kappa shape index (κ3) is 5.35. The predicted octanol–water partition coefficient (Wildman–Crippen LogP) is 2.00. The number of nitrogens with zero attached hydrogens (tertiary/aromatic N) is 2. The zero-order valence-electron chi connectivity index (χ0n) is 17.1. The van der Waals surface area contributed by atoms with E-state index in [1.54, 1.807) is 16.7 Å². The number of aryl methyl sites for hydroxylation is 1.